The molecule has 7 heteroatoms. The third-order valence-electron chi connectivity index (χ3n) is 6.43. The molecule has 6 nitrogen and oxygen atoms in total. The van der Waals surface area contributed by atoms with Crippen molar-refractivity contribution in [1.29, 1.82) is 0 Å². The molecule has 1 spiro atoms. The van der Waals surface area contributed by atoms with Gasteiger partial charge in [0.15, 0.2) is 9.84 Å². The predicted molar refractivity (Wildman–Crippen MR) is 125 cm³/mol. The van der Waals surface area contributed by atoms with Crippen LogP contribution in [0.5, 0.6) is 0 Å². The Morgan fingerprint density at radius 1 is 1.09 bits per heavy atom. The van der Waals surface area contributed by atoms with Crippen LogP contribution in [0.15, 0.2) is 59.5 Å². The molecule has 2 N–H and O–H groups in total. The number of carbonyl (C=O) groups excluding carboxylic acids is 2. The van der Waals surface area contributed by atoms with E-state index >= 15 is 0 Å². The van der Waals surface area contributed by atoms with Crippen molar-refractivity contribution in [2.75, 3.05) is 18.8 Å². The summed E-state index contributed by atoms with van der Waals surface area (Å²) in [6.45, 7) is 2.57. The van der Waals surface area contributed by atoms with Gasteiger partial charge < -0.3 is 15.4 Å². The zero-order valence-corrected chi connectivity index (χ0v) is 19.4. The molecule has 0 aliphatic carbocycles. The zero-order chi connectivity index (χ0) is 23.2. The van der Waals surface area contributed by atoms with Crippen LogP contribution in [-0.2, 0) is 31.3 Å². The number of likely N-dealkylation sites (tertiary alicyclic amines) is 1. The van der Waals surface area contributed by atoms with Crippen molar-refractivity contribution >= 4 is 22.0 Å². The number of amides is 1. The van der Waals surface area contributed by atoms with Gasteiger partial charge in [0.05, 0.1) is 16.7 Å². The highest BCUT2D eigenvalue weighted by atomic mass is 32.2. The molecule has 32 heavy (non-hydrogen) atoms. The summed E-state index contributed by atoms with van der Waals surface area (Å²) in [5, 5.41) is 0. The van der Waals surface area contributed by atoms with Crippen molar-refractivity contribution in [3.63, 3.8) is 0 Å². The molecule has 0 radical (unpaired) electrons. The summed E-state index contributed by atoms with van der Waals surface area (Å²) in [6.07, 6.45) is 4.55. The summed E-state index contributed by atoms with van der Waals surface area (Å²) >= 11 is 0. The molecule has 2 aromatic rings. The van der Waals surface area contributed by atoms with Gasteiger partial charge in [-0.05, 0) is 56.2 Å². The summed E-state index contributed by atoms with van der Waals surface area (Å²) in [5.74, 6) is 0.145. The second-order valence-corrected chi connectivity index (χ2v) is 10.5. The number of piperidine rings is 1. The lowest BCUT2D eigenvalue weighted by Crippen LogP contribution is -2.51. The molecule has 2 aliphatic heterocycles. The number of hydrogen-bond donors (Lipinski definition) is 1. The van der Waals surface area contributed by atoms with Gasteiger partial charge in [-0.25, -0.2) is 8.42 Å². The van der Waals surface area contributed by atoms with Crippen molar-refractivity contribution in [2.45, 2.75) is 55.4 Å². The average molecular weight is 457 g/mol. The van der Waals surface area contributed by atoms with Gasteiger partial charge in [0.1, 0.15) is 6.29 Å². The van der Waals surface area contributed by atoms with Gasteiger partial charge in [-0.1, -0.05) is 48.5 Å². The number of sulfone groups is 1. The van der Waals surface area contributed by atoms with Crippen molar-refractivity contribution in [1.82, 2.24) is 4.90 Å². The van der Waals surface area contributed by atoms with E-state index in [0.717, 1.165) is 24.7 Å². The van der Waals surface area contributed by atoms with E-state index in [-0.39, 0.29) is 17.1 Å². The number of rotatable bonds is 5. The number of benzene rings is 2. The zero-order valence-electron chi connectivity index (χ0n) is 18.6. The van der Waals surface area contributed by atoms with E-state index in [2.05, 4.69) is 12.1 Å². The molecular weight excluding hydrogens is 424 g/mol. The number of hydrogen-bond acceptors (Lipinski definition) is 5. The first-order chi connectivity index (χ1) is 15.3. The highest BCUT2D eigenvalue weighted by molar-refractivity contribution is 7.91. The molecule has 0 saturated carbocycles. The SMILES string of the molecule is CC=O.N[C@H](CCCc1ccccc1)C(=O)N1CCC2(CC1)CS(=O)(=O)c1ccccc12. The summed E-state index contributed by atoms with van der Waals surface area (Å²) in [4.78, 5) is 23.9. The molecule has 1 amide bonds. The van der Waals surface area contributed by atoms with Crippen LogP contribution >= 0.6 is 0 Å². The lowest BCUT2D eigenvalue weighted by molar-refractivity contribution is -0.134. The highest BCUT2D eigenvalue weighted by Crippen LogP contribution is 2.46. The Hall–Kier alpha value is -2.51. The fourth-order valence-corrected chi connectivity index (χ4v) is 7.03. The van der Waals surface area contributed by atoms with E-state index in [4.69, 9.17) is 10.5 Å². The van der Waals surface area contributed by atoms with Gasteiger partial charge in [-0.2, -0.15) is 0 Å². The third-order valence-corrected chi connectivity index (χ3v) is 8.39. The van der Waals surface area contributed by atoms with Gasteiger partial charge in [0.2, 0.25) is 5.91 Å². The first kappa shape index (κ1) is 24.1. The van der Waals surface area contributed by atoms with Crippen LogP contribution in [0.3, 0.4) is 0 Å². The Bertz CT molecular complexity index is 1030. The first-order valence-electron chi connectivity index (χ1n) is 11.1. The lowest BCUT2D eigenvalue weighted by atomic mass is 9.74. The van der Waals surface area contributed by atoms with Crippen LogP contribution in [0, 0.1) is 0 Å². The van der Waals surface area contributed by atoms with E-state index in [1.807, 2.05) is 35.2 Å². The Morgan fingerprint density at radius 2 is 1.69 bits per heavy atom. The van der Waals surface area contributed by atoms with Crippen LogP contribution in [0.25, 0.3) is 0 Å². The minimum Gasteiger partial charge on any atom is -0.341 e. The average Bonchev–Trinajstić information content (AvgIpc) is 3.01. The molecule has 1 fully saturated rings. The van der Waals surface area contributed by atoms with Gasteiger partial charge in [-0.3, -0.25) is 4.79 Å². The van der Waals surface area contributed by atoms with Gasteiger partial charge in [0.25, 0.3) is 0 Å². The monoisotopic (exact) mass is 456 g/mol. The summed E-state index contributed by atoms with van der Waals surface area (Å²) in [7, 11) is -3.23. The standard InChI is InChI=1S/C23H28N2O3S.C2H4O/c24-20(11-6-9-18-7-2-1-3-8-18)22(26)25-15-13-23(14-16-25)17-29(27,28)21-12-5-4-10-19(21)23;1-2-3/h1-5,7-8,10,12,20H,6,9,11,13-17,24H2;2H,1H3/t20-;/m1./s1. The number of nitrogens with two attached hydrogens (primary N) is 1. The third kappa shape index (κ3) is 5.27. The molecular formula is C25H32N2O4S. The number of fused-ring (bicyclic) bond motifs is 2. The molecule has 2 aromatic carbocycles. The maximum Gasteiger partial charge on any atom is 0.239 e. The van der Waals surface area contributed by atoms with Gasteiger partial charge in [-0.15, -0.1) is 0 Å². The van der Waals surface area contributed by atoms with Gasteiger partial charge in [0, 0.05) is 18.5 Å². The Balaban J connectivity index is 0.000000913. The van der Waals surface area contributed by atoms with E-state index in [0.29, 0.717) is 37.2 Å². The van der Waals surface area contributed by atoms with Gasteiger partial charge >= 0.3 is 0 Å². The molecule has 0 bridgehead atoms. The summed E-state index contributed by atoms with van der Waals surface area (Å²) in [6, 6.07) is 17.0. The van der Waals surface area contributed by atoms with E-state index < -0.39 is 15.9 Å². The molecule has 4 rings (SSSR count). The molecule has 1 saturated heterocycles. The summed E-state index contributed by atoms with van der Waals surface area (Å²) < 4.78 is 25.2. The smallest absolute Gasteiger partial charge is 0.239 e. The second-order valence-electron chi connectivity index (χ2n) is 8.58. The van der Waals surface area contributed by atoms with Crippen molar-refractivity contribution in [3.8, 4) is 0 Å². The fourth-order valence-electron chi connectivity index (χ4n) is 4.79. The Labute approximate surface area is 190 Å². The van der Waals surface area contributed by atoms with Crippen LogP contribution < -0.4 is 5.73 Å². The number of aryl methyl sites for hydroxylation is 1. The van der Waals surface area contributed by atoms with E-state index in [9.17, 15) is 13.2 Å². The predicted octanol–water partition coefficient (Wildman–Crippen LogP) is 2.89. The normalized spacial score (nSPS) is 18.9. The summed E-state index contributed by atoms with van der Waals surface area (Å²) in [5.41, 5.74) is 8.02. The number of nitrogens with zero attached hydrogens (tertiary/aromatic N) is 1. The highest BCUT2D eigenvalue weighted by Gasteiger charge is 2.48. The van der Waals surface area contributed by atoms with Crippen LogP contribution in [0.4, 0.5) is 0 Å². The molecule has 0 aromatic heterocycles. The minimum absolute atomic E-state index is 0.0120. The lowest BCUT2D eigenvalue weighted by Gasteiger charge is -2.40. The quantitative estimate of drug-likeness (QED) is 0.698. The van der Waals surface area contributed by atoms with E-state index in [1.54, 1.807) is 12.1 Å². The van der Waals surface area contributed by atoms with Crippen LogP contribution in [0.2, 0.25) is 0 Å². The van der Waals surface area contributed by atoms with Crippen LogP contribution in [-0.4, -0.2) is 50.4 Å². The maximum atomic E-state index is 12.8. The largest absolute Gasteiger partial charge is 0.341 e. The first-order valence-corrected chi connectivity index (χ1v) is 12.8. The molecule has 2 heterocycles. The second kappa shape index (κ2) is 10.4. The molecule has 2 aliphatic rings. The number of aldehydes is 1. The van der Waals surface area contributed by atoms with Crippen molar-refractivity contribution in [2.24, 2.45) is 5.73 Å². The van der Waals surface area contributed by atoms with Crippen molar-refractivity contribution in [3.05, 3.63) is 65.7 Å². The van der Waals surface area contributed by atoms with Crippen LogP contribution in [0.1, 0.15) is 43.7 Å². The Kier molecular flexibility index (Phi) is 7.85. The fraction of sp³-hybridized carbons (Fsp3) is 0.440. The topological polar surface area (TPSA) is 97.5 Å². The molecule has 172 valence electrons. The molecule has 1 atom stereocenters. The Morgan fingerprint density at radius 3 is 2.34 bits per heavy atom. The number of carbonyl (C=O) groups is 2. The maximum absolute atomic E-state index is 12.8. The van der Waals surface area contributed by atoms with E-state index in [1.165, 1.54) is 12.5 Å². The van der Waals surface area contributed by atoms with Crippen molar-refractivity contribution < 1.29 is 18.0 Å². The molecule has 0 unspecified atom stereocenters. The minimum atomic E-state index is -3.23.